The maximum Gasteiger partial charge on any atom is 0.342 e. The molecular formula is C15H9ClFNO3. The van der Waals surface area contributed by atoms with E-state index in [1.165, 1.54) is 18.2 Å². The van der Waals surface area contributed by atoms with Crippen LogP contribution in [0.1, 0.15) is 21.5 Å². The summed E-state index contributed by atoms with van der Waals surface area (Å²) in [5.74, 6) is -2.36. The first-order valence-electron chi connectivity index (χ1n) is 5.86. The molecule has 0 saturated heterocycles. The van der Waals surface area contributed by atoms with Crippen molar-refractivity contribution in [1.82, 2.24) is 0 Å². The summed E-state index contributed by atoms with van der Waals surface area (Å²) in [5.41, 5.74) is 0.444. The Kier molecular flexibility index (Phi) is 4.41. The Morgan fingerprint density at radius 2 is 2.14 bits per heavy atom. The van der Waals surface area contributed by atoms with Gasteiger partial charge >= 0.3 is 5.97 Å². The van der Waals surface area contributed by atoms with Gasteiger partial charge in [0.2, 0.25) is 0 Å². The summed E-state index contributed by atoms with van der Waals surface area (Å²) >= 11 is 5.99. The average Bonchev–Trinajstić information content (AvgIpc) is 2.45. The molecular weight excluding hydrogens is 297 g/mol. The Morgan fingerprint density at radius 1 is 1.38 bits per heavy atom. The monoisotopic (exact) mass is 305 g/mol. The summed E-state index contributed by atoms with van der Waals surface area (Å²) < 4.78 is 18.8. The zero-order valence-electron chi connectivity index (χ0n) is 10.6. The molecule has 0 atom stereocenters. The molecule has 0 unspecified atom stereocenters. The summed E-state index contributed by atoms with van der Waals surface area (Å²) in [5, 5.41) is 18.0. The number of aromatic carboxylic acids is 1. The van der Waals surface area contributed by atoms with Gasteiger partial charge in [0.15, 0.2) is 0 Å². The fraction of sp³-hybridized carbons (Fsp3) is 0.0667. The second-order valence-corrected chi connectivity index (χ2v) is 4.53. The van der Waals surface area contributed by atoms with Gasteiger partial charge in [-0.05, 0) is 24.3 Å². The Hall–Kier alpha value is -2.58. The van der Waals surface area contributed by atoms with Crippen LogP contribution in [0.4, 0.5) is 4.39 Å². The molecule has 6 heteroatoms. The molecule has 0 bridgehead atoms. The highest BCUT2D eigenvalue weighted by atomic mass is 35.5. The second-order valence-electron chi connectivity index (χ2n) is 4.12. The van der Waals surface area contributed by atoms with Gasteiger partial charge in [-0.3, -0.25) is 0 Å². The van der Waals surface area contributed by atoms with Gasteiger partial charge < -0.3 is 9.84 Å². The molecule has 2 aromatic rings. The van der Waals surface area contributed by atoms with E-state index >= 15 is 0 Å². The Bertz CT molecular complexity index is 740. The van der Waals surface area contributed by atoms with Crippen LogP contribution in [0, 0.1) is 17.1 Å². The van der Waals surface area contributed by atoms with E-state index < -0.39 is 17.3 Å². The van der Waals surface area contributed by atoms with Crippen molar-refractivity contribution >= 4 is 17.6 Å². The molecule has 0 amide bonds. The van der Waals surface area contributed by atoms with Gasteiger partial charge in [0, 0.05) is 10.6 Å². The first-order valence-corrected chi connectivity index (χ1v) is 6.24. The molecule has 4 nitrogen and oxygen atoms in total. The molecule has 106 valence electrons. The van der Waals surface area contributed by atoms with Gasteiger partial charge in [-0.15, -0.1) is 0 Å². The molecule has 0 radical (unpaired) electrons. The van der Waals surface area contributed by atoms with Gasteiger partial charge in [0.25, 0.3) is 0 Å². The molecule has 2 aromatic carbocycles. The Labute approximate surface area is 125 Å². The van der Waals surface area contributed by atoms with Crippen molar-refractivity contribution in [3.05, 3.63) is 63.9 Å². The van der Waals surface area contributed by atoms with Crippen LogP contribution in [0.25, 0.3) is 0 Å². The largest absolute Gasteiger partial charge is 0.488 e. The van der Waals surface area contributed by atoms with E-state index in [2.05, 4.69) is 0 Å². The third-order valence-electron chi connectivity index (χ3n) is 2.75. The fourth-order valence-corrected chi connectivity index (χ4v) is 1.96. The van der Waals surface area contributed by atoms with Crippen molar-refractivity contribution in [3.63, 3.8) is 0 Å². The zero-order valence-corrected chi connectivity index (χ0v) is 11.4. The Balaban J connectivity index is 2.23. The molecule has 0 aliphatic heterocycles. The molecule has 0 aliphatic rings. The molecule has 0 fully saturated rings. The number of benzene rings is 2. The fourth-order valence-electron chi connectivity index (χ4n) is 1.72. The summed E-state index contributed by atoms with van der Waals surface area (Å²) in [6, 6.07) is 10.4. The van der Waals surface area contributed by atoms with E-state index in [-0.39, 0.29) is 12.4 Å². The summed E-state index contributed by atoms with van der Waals surface area (Å²) in [6.07, 6.45) is 0. The maximum absolute atomic E-state index is 13.5. The van der Waals surface area contributed by atoms with E-state index in [1.54, 1.807) is 12.1 Å². The topological polar surface area (TPSA) is 70.3 Å². The average molecular weight is 306 g/mol. The van der Waals surface area contributed by atoms with Crippen molar-refractivity contribution in [2.75, 3.05) is 0 Å². The van der Waals surface area contributed by atoms with Crippen LogP contribution >= 0.6 is 11.6 Å². The molecule has 0 heterocycles. The van der Waals surface area contributed by atoms with Crippen molar-refractivity contribution in [3.8, 4) is 11.8 Å². The predicted molar refractivity (Wildman–Crippen MR) is 73.9 cm³/mol. The number of rotatable bonds is 4. The third-order valence-corrected chi connectivity index (χ3v) is 3.11. The highest BCUT2D eigenvalue weighted by Crippen LogP contribution is 2.24. The standard InChI is InChI=1S/C15H9ClFNO3/c16-11-6-9(7-18)4-5-10(11)8-21-13-3-1-2-12(17)14(13)15(19)20/h1-6H,8H2,(H,19,20). The molecule has 0 aromatic heterocycles. The number of carboxylic acids is 1. The van der Waals surface area contributed by atoms with Gasteiger partial charge in [0.05, 0.1) is 11.6 Å². The highest BCUT2D eigenvalue weighted by molar-refractivity contribution is 6.31. The summed E-state index contributed by atoms with van der Waals surface area (Å²) in [7, 11) is 0. The zero-order chi connectivity index (χ0) is 15.4. The van der Waals surface area contributed by atoms with Gasteiger partial charge in [-0.25, -0.2) is 9.18 Å². The first kappa shape index (κ1) is 14.8. The highest BCUT2D eigenvalue weighted by Gasteiger charge is 2.17. The number of carboxylic acid groups (broad SMARTS) is 1. The van der Waals surface area contributed by atoms with E-state index in [1.807, 2.05) is 6.07 Å². The molecule has 2 rings (SSSR count). The number of ether oxygens (including phenoxy) is 1. The van der Waals surface area contributed by atoms with Gasteiger partial charge in [-0.2, -0.15) is 5.26 Å². The molecule has 1 N–H and O–H groups in total. The predicted octanol–water partition coefficient (Wildman–Crippen LogP) is 3.63. The van der Waals surface area contributed by atoms with E-state index in [4.69, 9.17) is 26.7 Å². The summed E-state index contributed by atoms with van der Waals surface area (Å²) in [6.45, 7) is -0.0335. The lowest BCUT2D eigenvalue weighted by atomic mass is 10.1. The van der Waals surface area contributed by atoms with Crippen LogP contribution in [0.15, 0.2) is 36.4 Å². The van der Waals surface area contributed by atoms with E-state index in [9.17, 15) is 9.18 Å². The minimum atomic E-state index is -1.41. The minimum absolute atomic E-state index is 0.0335. The van der Waals surface area contributed by atoms with E-state index in [0.717, 1.165) is 6.07 Å². The van der Waals surface area contributed by atoms with Crippen molar-refractivity contribution in [1.29, 1.82) is 5.26 Å². The van der Waals surface area contributed by atoms with Crippen LogP contribution < -0.4 is 4.74 Å². The van der Waals surface area contributed by atoms with Crippen molar-refractivity contribution in [2.45, 2.75) is 6.61 Å². The normalized spacial score (nSPS) is 9.95. The van der Waals surface area contributed by atoms with Gasteiger partial charge in [0.1, 0.15) is 23.7 Å². The number of carbonyl (C=O) groups is 1. The smallest absolute Gasteiger partial charge is 0.342 e. The summed E-state index contributed by atoms with van der Waals surface area (Å²) in [4.78, 5) is 11.0. The quantitative estimate of drug-likeness (QED) is 0.936. The lowest BCUT2D eigenvalue weighted by Crippen LogP contribution is -2.06. The lowest BCUT2D eigenvalue weighted by molar-refractivity contribution is 0.0686. The van der Waals surface area contributed by atoms with Gasteiger partial charge in [-0.1, -0.05) is 23.7 Å². The Morgan fingerprint density at radius 3 is 2.76 bits per heavy atom. The molecule has 0 saturated carbocycles. The lowest BCUT2D eigenvalue weighted by Gasteiger charge is -2.10. The van der Waals surface area contributed by atoms with Crippen LogP contribution in [0.2, 0.25) is 5.02 Å². The minimum Gasteiger partial charge on any atom is -0.488 e. The molecule has 0 spiro atoms. The van der Waals surface area contributed by atoms with Crippen LogP contribution in [-0.4, -0.2) is 11.1 Å². The maximum atomic E-state index is 13.5. The van der Waals surface area contributed by atoms with Crippen molar-refractivity contribution in [2.24, 2.45) is 0 Å². The molecule has 0 aliphatic carbocycles. The first-order chi connectivity index (χ1) is 10.0. The van der Waals surface area contributed by atoms with E-state index in [0.29, 0.717) is 16.1 Å². The van der Waals surface area contributed by atoms with Crippen LogP contribution in [0.3, 0.4) is 0 Å². The number of hydrogen-bond acceptors (Lipinski definition) is 3. The molecule has 21 heavy (non-hydrogen) atoms. The van der Waals surface area contributed by atoms with Crippen LogP contribution in [0.5, 0.6) is 5.75 Å². The van der Waals surface area contributed by atoms with Crippen molar-refractivity contribution < 1.29 is 19.0 Å². The number of nitrogens with zero attached hydrogens (tertiary/aromatic N) is 1. The third kappa shape index (κ3) is 3.30. The number of nitriles is 1. The van der Waals surface area contributed by atoms with Crippen LogP contribution in [-0.2, 0) is 6.61 Å². The SMILES string of the molecule is N#Cc1ccc(COc2cccc(F)c2C(=O)O)c(Cl)c1. The number of hydrogen-bond donors (Lipinski definition) is 1. The second kappa shape index (κ2) is 6.25. The number of halogens is 2.